The lowest BCUT2D eigenvalue weighted by molar-refractivity contribution is -0.127. The van der Waals surface area contributed by atoms with E-state index >= 15 is 0 Å². The molecule has 1 atom stereocenters. The van der Waals surface area contributed by atoms with Crippen molar-refractivity contribution in [3.05, 3.63) is 46.9 Å². The van der Waals surface area contributed by atoms with Crippen LogP contribution < -0.4 is 5.56 Å². The fraction of sp³-hybridized carbons (Fsp3) is 0.250. The SMILES string of the molecule is CC(Sc1nc2c(cnn2-c2ccccc2)c(=O)[nH]1)C(=O)N(C)C. The predicted octanol–water partition coefficient (Wildman–Crippen LogP) is 1.68. The minimum Gasteiger partial charge on any atom is -0.348 e. The van der Waals surface area contributed by atoms with Gasteiger partial charge in [0.15, 0.2) is 10.8 Å². The lowest BCUT2D eigenvalue weighted by Crippen LogP contribution is -2.30. The summed E-state index contributed by atoms with van der Waals surface area (Å²) in [7, 11) is 3.40. The Morgan fingerprint density at radius 2 is 2.00 bits per heavy atom. The molecular weight excluding hydrogens is 326 g/mol. The molecule has 0 fully saturated rings. The zero-order valence-electron chi connectivity index (χ0n) is 13.6. The number of hydrogen-bond acceptors (Lipinski definition) is 5. The molecule has 0 aliphatic rings. The van der Waals surface area contributed by atoms with Crippen LogP contribution in [-0.4, -0.2) is 49.9 Å². The maximum atomic E-state index is 12.3. The molecule has 0 saturated heterocycles. The molecule has 2 heterocycles. The Morgan fingerprint density at radius 1 is 1.29 bits per heavy atom. The third-order valence-corrected chi connectivity index (χ3v) is 4.47. The molecule has 7 nitrogen and oxygen atoms in total. The Balaban J connectivity index is 2.03. The summed E-state index contributed by atoms with van der Waals surface area (Å²) >= 11 is 1.22. The van der Waals surface area contributed by atoms with Gasteiger partial charge in [0.2, 0.25) is 5.91 Å². The van der Waals surface area contributed by atoms with Crippen LogP contribution in [0.1, 0.15) is 6.92 Å². The lowest BCUT2D eigenvalue weighted by atomic mass is 10.3. The van der Waals surface area contributed by atoms with Crippen LogP contribution in [0.5, 0.6) is 0 Å². The van der Waals surface area contributed by atoms with Gasteiger partial charge in [-0.15, -0.1) is 0 Å². The van der Waals surface area contributed by atoms with Crippen molar-refractivity contribution in [3.63, 3.8) is 0 Å². The molecule has 0 aliphatic carbocycles. The first-order chi connectivity index (χ1) is 11.5. The molecule has 1 unspecified atom stereocenters. The zero-order chi connectivity index (χ0) is 17.3. The molecule has 0 aliphatic heterocycles. The van der Waals surface area contributed by atoms with Crippen LogP contribution in [-0.2, 0) is 4.79 Å². The number of benzene rings is 1. The van der Waals surface area contributed by atoms with Crippen LogP contribution in [0.2, 0.25) is 0 Å². The second-order valence-electron chi connectivity index (χ2n) is 5.49. The molecule has 0 saturated carbocycles. The number of aromatic amines is 1. The number of H-pyrrole nitrogens is 1. The van der Waals surface area contributed by atoms with Gasteiger partial charge in [-0.2, -0.15) is 5.10 Å². The highest BCUT2D eigenvalue weighted by Gasteiger charge is 2.19. The summed E-state index contributed by atoms with van der Waals surface area (Å²) in [4.78, 5) is 33.0. The molecule has 2 aromatic heterocycles. The Labute approximate surface area is 142 Å². The van der Waals surface area contributed by atoms with Crippen molar-refractivity contribution >= 4 is 28.7 Å². The number of fused-ring (bicyclic) bond motifs is 1. The topological polar surface area (TPSA) is 83.9 Å². The van der Waals surface area contributed by atoms with E-state index in [1.807, 2.05) is 30.3 Å². The normalized spacial score (nSPS) is 12.3. The number of para-hydroxylation sites is 1. The van der Waals surface area contributed by atoms with Gasteiger partial charge in [-0.25, -0.2) is 9.67 Å². The van der Waals surface area contributed by atoms with E-state index < -0.39 is 0 Å². The standard InChI is InChI=1S/C16H17N5O2S/c1-10(15(23)20(2)3)24-16-18-13-12(14(22)19-16)9-17-21(13)11-7-5-4-6-8-11/h4-10H,1-3H3,(H,18,19,22). The van der Waals surface area contributed by atoms with Crippen LogP contribution in [0.25, 0.3) is 16.7 Å². The van der Waals surface area contributed by atoms with Crippen molar-refractivity contribution in [1.82, 2.24) is 24.6 Å². The molecule has 3 rings (SSSR count). The summed E-state index contributed by atoms with van der Waals surface area (Å²) in [5.41, 5.74) is 1.02. The predicted molar refractivity (Wildman–Crippen MR) is 93.5 cm³/mol. The van der Waals surface area contributed by atoms with Crippen molar-refractivity contribution in [2.45, 2.75) is 17.3 Å². The van der Waals surface area contributed by atoms with Crippen molar-refractivity contribution in [2.24, 2.45) is 0 Å². The number of hydrogen-bond donors (Lipinski definition) is 1. The number of thioether (sulfide) groups is 1. The van der Waals surface area contributed by atoms with Crippen LogP contribution in [0.15, 0.2) is 46.5 Å². The molecule has 0 spiro atoms. The molecule has 8 heteroatoms. The molecule has 0 radical (unpaired) electrons. The van der Waals surface area contributed by atoms with E-state index in [1.165, 1.54) is 22.9 Å². The summed E-state index contributed by atoms with van der Waals surface area (Å²) in [6, 6.07) is 9.47. The first-order valence-corrected chi connectivity index (χ1v) is 8.26. The molecule has 124 valence electrons. The van der Waals surface area contributed by atoms with Gasteiger partial charge in [-0.05, 0) is 19.1 Å². The van der Waals surface area contributed by atoms with Gasteiger partial charge in [0.25, 0.3) is 5.56 Å². The van der Waals surface area contributed by atoms with Crippen molar-refractivity contribution < 1.29 is 4.79 Å². The van der Waals surface area contributed by atoms with Gasteiger partial charge < -0.3 is 9.88 Å². The number of carbonyl (C=O) groups is 1. The second kappa shape index (κ2) is 6.48. The number of nitrogens with zero attached hydrogens (tertiary/aromatic N) is 4. The average Bonchev–Trinajstić information content (AvgIpc) is 2.99. The average molecular weight is 343 g/mol. The summed E-state index contributed by atoms with van der Waals surface area (Å²) in [5, 5.41) is 4.71. The number of carbonyl (C=O) groups excluding carboxylic acids is 1. The third-order valence-electron chi connectivity index (χ3n) is 3.49. The van der Waals surface area contributed by atoms with E-state index in [-0.39, 0.29) is 16.7 Å². The van der Waals surface area contributed by atoms with Crippen molar-refractivity contribution in [1.29, 1.82) is 0 Å². The van der Waals surface area contributed by atoms with E-state index in [0.717, 1.165) is 5.69 Å². The fourth-order valence-electron chi connectivity index (χ4n) is 2.29. The summed E-state index contributed by atoms with van der Waals surface area (Å²) < 4.78 is 1.62. The smallest absolute Gasteiger partial charge is 0.262 e. The highest BCUT2D eigenvalue weighted by Crippen LogP contribution is 2.22. The highest BCUT2D eigenvalue weighted by atomic mass is 32.2. The third kappa shape index (κ3) is 3.05. The van der Waals surface area contributed by atoms with Crippen LogP contribution in [0.3, 0.4) is 0 Å². The summed E-state index contributed by atoms with van der Waals surface area (Å²) in [6.45, 7) is 1.78. The Kier molecular flexibility index (Phi) is 4.39. The molecular formula is C16H17N5O2S. The van der Waals surface area contributed by atoms with E-state index in [0.29, 0.717) is 16.2 Å². The first kappa shape index (κ1) is 16.3. The van der Waals surface area contributed by atoms with E-state index in [4.69, 9.17) is 0 Å². The van der Waals surface area contributed by atoms with Crippen LogP contribution >= 0.6 is 11.8 Å². The van der Waals surface area contributed by atoms with Gasteiger partial charge in [-0.3, -0.25) is 9.59 Å². The van der Waals surface area contributed by atoms with Gasteiger partial charge >= 0.3 is 0 Å². The van der Waals surface area contributed by atoms with Crippen molar-refractivity contribution in [3.8, 4) is 5.69 Å². The van der Waals surface area contributed by atoms with Gasteiger partial charge in [0.05, 0.1) is 17.1 Å². The first-order valence-electron chi connectivity index (χ1n) is 7.38. The number of amides is 1. The van der Waals surface area contributed by atoms with Crippen LogP contribution in [0.4, 0.5) is 0 Å². The molecule has 24 heavy (non-hydrogen) atoms. The maximum absolute atomic E-state index is 12.3. The minimum absolute atomic E-state index is 0.0423. The Morgan fingerprint density at radius 3 is 2.67 bits per heavy atom. The van der Waals surface area contributed by atoms with Crippen LogP contribution in [0, 0.1) is 0 Å². The Hall–Kier alpha value is -2.61. The monoisotopic (exact) mass is 343 g/mol. The molecule has 3 aromatic rings. The van der Waals surface area contributed by atoms with E-state index in [2.05, 4.69) is 15.1 Å². The molecule has 1 amide bonds. The second-order valence-corrected chi connectivity index (χ2v) is 6.82. The van der Waals surface area contributed by atoms with Gasteiger partial charge in [0, 0.05) is 14.1 Å². The van der Waals surface area contributed by atoms with Crippen molar-refractivity contribution in [2.75, 3.05) is 14.1 Å². The zero-order valence-corrected chi connectivity index (χ0v) is 14.4. The van der Waals surface area contributed by atoms with E-state index in [1.54, 1.807) is 25.7 Å². The van der Waals surface area contributed by atoms with Gasteiger partial charge in [0.1, 0.15) is 5.39 Å². The highest BCUT2D eigenvalue weighted by molar-refractivity contribution is 8.00. The number of rotatable bonds is 4. The van der Waals surface area contributed by atoms with E-state index in [9.17, 15) is 9.59 Å². The molecule has 0 bridgehead atoms. The maximum Gasteiger partial charge on any atom is 0.262 e. The van der Waals surface area contributed by atoms with Gasteiger partial charge in [-0.1, -0.05) is 30.0 Å². The molecule has 1 N–H and O–H groups in total. The minimum atomic E-state index is -0.353. The number of nitrogens with one attached hydrogen (secondary N) is 1. The summed E-state index contributed by atoms with van der Waals surface area (Å²) in [6.07, 6.45) is 1.50. The fourth-order valence-corrected chi connectivity index (χ4v) is 3.23. The largest absolute Gasteiger partial charge is 0.348 e. The molecule has 1 aromatic carbocycles. The lowest BCUT2D eigenvalue weighted by Gasteiger charge is -2.15. The number of aromatic nitrogens is 4. The quantitative estimate of drug-likeness (QED) is 0.575. The Bertz CT molecular complexity index is 933. The summed E-state index contributed by atoms with van der Waals surface area (Å²) in [5.74, 6) is -0.0423.